The van der Waals surface area contributed by atoms with Crippen LogP contribution in [0.1, 0.15) is 42.5 Å². The highest BCUT2D eigenvalue weighted by molar-refractivity contribution is 6.30. The van der Waals surface area contributed by atoms with Crippen molar-refractivity contribution in [3.05, 3.63) is 64.4 Å². The summed E-state index contributed by atoms with van der Waals surface area (Å²) in [5.74, 6) is -0.101. The van der Waals surface area contributed by atoms with Crippen LogP contribution in [0.25, 0.3) is 11.0 Å². The van der Waals surface area contributed by atoms with Crippen LogP contribution in [-0.2, 0) is 33.8 Å². The van der Waals surface area contributed by atoms with Gasteiger partial charge in [0, 0.05) is 48.2 Å². The van der Waals surface area contributed by atoms with E-state index in [0.717, 1.165) is 28.7 Å². The van der Waals surface area contributed by atoms with E-state index in [2.05, 4.69) is 26.4 Å². The Morgan fingerprint density at radius 1 is 1.16 bits per heavy atom. The van der Waals surface area contributed by atoms with Gasteiger partial charge in [-0.25, -0.2) is 4.98 Å². The molecular weight excluding hydrogens is 414 g/mol. The van der Waals surface area contributed by atoms with Gasteiger partial charge < -0.3 is 14.2 Å². The summed E-state index contributed by atoms with van der Waals surface area (Å²) in [4.78, 5) is 30.6. The van der Waals surface area contributed by atoms with E-state index in [-0.39, 0.29) is 11.9 Å². The summed E-state index contributed by atoms with van der Waals surface area (Å²) < 4.78 is 6.87. The Hall–Kier alpha value is -2.86. The third-order valence-corrected chi connectivity index (χ3v) is 6.08. The molecule has 0 bridgehead atoms. The molecule has 1 aliphatic rings. The number of aromatic nitrogens is 2. The van der Waals surface area contributed by atoms with Crippen LogP contribution in [0.4, 0.5) is 0 Å². The number of carbonyl (C=O) groups is 2. The van der Waals surface area contributed by atoms with E-state index in [0.29, 0.717) is 50.3 Å². The predicted molar refractivity (Wildman–Crippen MR) is 120 cm³/mol. The number of rotatable bonds is 7. The van der Waals surface area contributed by atoms with Crippen molar-refractivity contribution in [2.45, 2.75) is 45.2 Å². The van der Waals surface area contributed by atoms with Crippen molar-refractivity contribution in [2.24, 2.45) is 0 Å². The molecule has 1 aromatic carbocycles. The fraction of sp³-hybridized carbons (Fsp3) is 0.375. The molecule has 0 saturated carbocycles. The number of hydrogen-bond acceptors (Lipinski definition) is 4. The molecule has 0 unspecified atom stereocenters. The number of halogens is 1. The van der Waals surface area contributed by atoms with Gasteiger partial charge in [-0.3, -0.25) is 9.59 Å². The third-order valence-electron chi connectivity index (χ3n) is 5.85. The van der Waals surface area contributed by atoms with E-state index in [1.54, 1.807) is 0 Å². The maximum absolute atomic E-state index is 12.8. The molecular formula is C24H26ClN3O3. The molecule has 2 aromatic heterocycles. The standard InChI is InChI=1S/C24H26ClN3O3/c1-31-23(30)10-3-2-9-22(29)27-13-11-19-20-8-5-12-26-24(20)28(21(19)16-27)15-17-6-4-7-18(25)14-17/h4-8,12,14H,2-3,9-11,13,15-16H2,1H3. The Bertz CT molecular complexity index is 1110. The number of unbranched alkanes of at least 4 members (excludes halogenated alkanes) is 1. The van der Waals surface area contributed by atoms with Crippen LogP contribution in [0.15, 0.2) is 42.6 Å². The monoisotopic (exact) mass is 439 g/mol. The fourth-order valence-corrected chi connectivity index (χ4v) is 4.48. The minimum absolute atomic E-state index is 0.128. The lowest BCUT2D eigenvalue weighted by atomic mass is 10.0. The van der Waals surface area contributed by atoms with Gasteiger partial charge >= 0.3 is 5.97 Å². The average molecular weight is 440 g/mol. The number of amides is 1. The summed E-state index contributed by atoms with van der Waals surface area (Å²) >= 11 is 6.19. The van der Waals surface area contributed by atoms with E-state index in [1.165, 1.54) is 12.7 Å². The first-order valence-electron chi connectivity index (χ1n) is 10.6. The number of methoxy groups -OCH3 is 1. The molecule has 0 aliphatic carbocycles. The molecule has 31 heavy (non-hydrogen) atoms. The lowest BCUT2D eigenvalue weighted by molar-refractivity contribution is -0.141. The Labute approximate surface area is 186 Å². The van der Waals surface area contributed by atoms with Crippen LogP contribution in [0, 0.1) is 0 Å². The van der Waals surface area contributed by atoms with E-state index < -0.39 is 0 Å². The molecule has 3 aromatic rings. The van der Waals surface area contributed by atoms with Gasteiger partial charge in [0.05, 0.1) is 13.7 Å². The lowest BCUT2D eigenvalue weighted by Gasteiger charge is -2.28. The van der Waals surface area contributed by atoms with E-state index in [9.17, 15) is 9.59 Å². The molecule has 1 aliphatic heterocycles. The zero-order valence-corrected chi connectivity index (χ0v) is 18.4. The second kappa shape index (κ2) is 9.52. The SMILES string of the molecule is COC(=O)CCCCC(=O)N1CCc2c(n(Cc3cccc(Cl)c3)c3ncccc23)C1. The second-order valence-electron chi connectivity index (χ2n) is 7.86. The van der Waals surface area contributed by atoms with Crippen LogP contribution in [0.5, 0.6) is 0 Å². The highest BCUT2D eigenvalue weighted by Crippen LogP contribution is 2.31. The lowest BCUT2D eigenvalue weighted by Crippen LogP contribution is -2.36. The Balaban J connectivity index is 1.53. The first kappa shape index (κ1) is 21.4. The number of fused-ring (bicyclic) bond motifs is 3. The number of pyridine rings is 1. The molecule has 0 radical (unpaired) electrons. The molecule has 0 spiro atoms. The quantitative estimate of drug-likeness (QED) is 0.405. The van der Waals surface area contributed by atoms with Crippen molar-refractivity contribution in [2.75, 3.05) is 13.7 Å². The average Bonchev–Trinajstić information content (AvgIpc) is 3.09. The van der Waals surface area contributed by atoms with Crippen LogP contribution < -0.4 is 0 Å². The number of benzene rings is 1. The molecule has 0 N–H and O–H groups in total. The smallest absolute Gasteiger partial charge is 0.305 e. The van der Waals surface area contributed by atoms with Gasteiger partial charge in [0.15, 0.2) is 0 Å². The third kappa shape index (κ3) is 4.74. The summed E-state index contributed by atoms with van der Waals surface area (Å²) in [7, 11) is 1.39. The Morgan fingerprint density at radius 3 is 2.81 bits per heavy atom. The summed E-state index contributed by atoms with van der Waals surface area (Å²) in [6.45, 7) is 1.93. The molecule has 4 rings (SSSR count). The second-order valence-corrected chi connectivity index (χ2v) is 8.30. The fourth-order valence-electron chi connectivity index (χ4n) is 4.27. The van der Waals surface area contributed by atoms with E-state index in [4.69, 9.17) is 11.6 Å². The van der Waals surface area contributed by atoms with Crippen LogP contribution in [-0.4, -0.2) is 40.0 Å². The van der Waals surface area contributed by atoms with Gasteiger partial charge in [0.25, 0.3) is 0 Å². The van der Waals surface area contributed by atoms with Gasteiger partial charge in [0.2, 0.25) is 5.91 Å². The molecule has 6 nitrogen and oxygen atoms in total. The van der Waals surface area contributed by atoms with E-state index in [1.807, 2.05) is 35.4 Å². The largest absolute Gasteiger partial charge is 0.469 e. The van der Waals surface area contributed by atoms with Crippen LogP contribution in [0.2, 0.25) is 5.02 Å². The first-order chi connectivity index (χ1) is 15.1. The molecule has 0 saturated heterocycles. The highest BCUT2D eigenvalue weighted by Gasteiger charge is 2.27. The molecule has 1 amide bonds. The summed E-state index contributed by atoms with van der Waals surface area (Å²) in [5, 5.41) is 1.87. The first-order valence-corrected chi connectivity index (χ1v) is 11.0. The van der Waals surface area contributed by atoms with E-state index >= 15 is 0 Å². The van der Waals surface area contributed by atoms with Gasteiger partial charge in [-0.1, -0.05) is 23.7 Å². The van der Waals surface area contributed by atoms with Gasteiger partial charge in [0.1, 0.15) is 5.65 Å². The van der Waals surface area contributed by atoms with Crippen molar-refractivity contribution < 1.29 is 14.3 Å². The maximum Gasteiger partial charge on any atom is 0.305 e. The van der Waals surface area contributed by atoms with Gasteiger partial charge in [-0.05, 0) is 54.7 Å². The predicted octanol–water partition coefficient (Wildman–Crippen LogP) is 4.36. The Morgan fingerprint density at radius 2 is 2.00 bits per heavy atom. The molecule has 3 heterocycles. The molecule has 162 valence electrons. The zero-order valence-electron chi connectivity index (χ0n) is 17.6. The van der Waals surface area contributed by atoms with Crippen molar-refractivity contribution in [1.82, 2.24) is 14.5 Å². The highest BCUT2D eigenvalue weighted by atomic mass is 35.5. The van der Waals surface area contributed by atoms with Crippen LogP contribution >= 0.6 is 11.6 Å². The molecule has 0 atom stereocenters. The number of esters is 1. The zero-order chi connectivity index (χ0) is 21.8. The molecule has 0 fully saturated rings. The number of hydrogen-bond donors (Lipinski definition) is 0. The Kier molecular flexibility index (Phi) is 6.56. The van der Waals surface area contributed by atoms with Gasteiger partial charge in [-0.15, -0.1) is 0 Å². The van der Waals surface area contributed by atoms with Crippen molar-refractivity contribution in [3.8, 4) is 0 Å². The van der Waals surface area contributed by atoms with Gasteiger partial charge in [-0.2, -0.15) is 0 Å². The number of nitrogens with zero attached hydrogens (tertiary/aromatic N) is 3. The normalized spacial score (nSPS) is 13.3. The van der Waals surface area contributed by atoms with Crippen molar-refractivity contribution in [1.29, 1.82) is 0 Å². The topological polar surface area (TPSA) is 64.4 Å². The van der Waals surface area contributed by atoms with Crippen LogP contribution in [0.3, 0.4) is 0 Å². The molecule has 7 heteroatoms. The summed E-state index contributed by atoms with van der Waals surface area (Å²) in [6, 6.07) is 11.9. The minimum atomic E-state index is -0.229. The van der Waals surface area contributed by atoms with Crippen molar-refractivity contribution in [3.63, 3.8) is 0 Å². The summed E-state index contributed by atoms with van der Waals surface area (Å²) in [5.41, 5.74) is 4.46. The number of carbonyl (C=O) groups excluding carboxylic acids is 2. The maximum atomic E-state index is 12.8. The number of ether oxygens (including phenoxy) is 1. The minimum Gasteiger partial charge on any atom is -0.469 e. The van der Waals surface area contributed by atoms with Crippen molar-refractivity contribution >= 4 is 34.5 Å². The summed E-state index contributed by atoms with van der Waals surface area (Å²) in [6.07, 6.45) is 4.77.